The van der Waals surface area contributed by atoms with Crippen molar-refractivity contribution in [3.05, 3.63) is 0 Å². The first kappa shape index (κ1) is 8.84. The van der Waals surface area contributed by atoms with Gasteiger partial charge < -0.3 is 15.7 Å². The topological polar surface area (TPSA) is 67.5 Å². The standard InChI is InChI=1S/C5H14N2O2/c1-2-9-7-4-5(8)3-6/h5,7-8H,2-4,6H2,1H3. The largest absolute Gasteiger partial charge is 0.390 e. The molecule has 0 aliphatic rings. The van der Waals surface area contributed by atoms with E-state index in [9.17, 15) is 0 Å². The summed E-state index contributed by atoms with van der Waals surface area (Å²) in [5.41, 5.74) is 7.66. The van der Waals surface area contributed by atoms with E-state index in [1.807, 2.05) is 6.92 Å². The van der Waals surface area contributed by atoms with Gasteiger partial charge in [0.05, 0.1) is 12.7 Å². The molecule has 1 atom stereocenters. The van der Waals surface area contributed by atoms with Crippen LogP contribution in [0.15, 0.2) is 0 Å². The van der Waals surface area contributed by atoms with Crippen molar-refractivity contribution < 1.29 is 9.94 Å². The van der Waals surface area contributed by atoms with Gasteiger partial charge in [-0.25, -0.2) is 0 Å². The molecule has 0 aromatic rings. The van der Waals surface area contributed by atoms with E-state index in [1.165, 1.54) is 0 Å². The first-order valence-corrected chi connectivity index (χ1v) is 3.04. The van der Waals surface area contributed by atoms with Crippen molar-refractivity contribution in [2.45, 2.75) is 13.0 Å². The molecule has 4 N–H and O–H groups in total. The summed E-state index contributed by atoms with van der Waals surface area (Å²) in [6.07, 6.45) is -0.503. The van der Waals surface area contributed by atoms with Gasteiger partial charge >= 0.3 is 0 Å². The highest BCUT2D eigenvalue weighted by atomic mass is 16.6. The third-order valence-corrected chi connectivity index (χ3v) is 0.837. The molecule has 56 valence electrons. The van der Waals surface area contributed by atoms with E-state index in [0.717, 1.165) is 0 Å². The van der Waals surface area contributed by atoms with Gasteiger partial charge in [-0.2, -0.15) is 5.48 Å². The van der Waals surface area contributed by atoms with Gasteiger partial charge in [0.25, 0.3) is 0 Å². The molecule has 0 bridgehead atoms. The van der Waals surface area contributed by atoms with E-state index in [2.05, 4.69) is 5.48 Å². The lowest BCUT2D eigenvalue weighted by Gasteiger charge is -2.07. The zero-order chi connectivity index (χ0) is 7.11. The minimum absolute atomic E-state index is 0.264. The molecular weight excluding hydrogens is 120 g/mol. The lowest BCUT2D eigenvalue weighted by atomic mass is 10.4. The molecule has 0 heterocycles. The molecule has 0 rings (SSSR count). The normalized spacial score (nSPS) is 13.7. The third kappa shape index (κ3) is 5.72. The van der Waals surface area contributed by atoms with Crippen LogP contribution < -0.4 is 11.2 Å². The number of nitrogens with two attached hydrogens (primary N) is 1. The Morgan fingerprint density at radius 3 is 2.89 bits per heavy atom. The molecule has 1 unspecified atom stereocenters. The van der Waals surface area contributed by atoms with E-state index in [4.69, 9.17) is 15.7 Å². The lowest BCUT2D eigenvalue weighted by molar-refractivity contribution is 0.0233. The highest BCUT2D eigenvalue weighted by Gasteiger charge is 1.97. The van der Waals surface area contributed by atoms with E-state index in [-0.39, 0.29) is 6.54 Å². The molecular formula is C5H14N2O2. The van der Waals surface area contributed by atoms with Gasteiger partial charge in [-0.3, -0.25) is 0 Å². The number of hydroxylamine groups is 1. The first-order valence-electron chi connectivity index (χ1n) is 3.04. The average Bonchev–Trinajstić information content (AvgIpc) is 1.89. The van der Waals surface area contributed by atoms with E-state index in [0.29, 0.717) is 13.2 Å². The number of aliphatic hydroxyl groups is 1. The fraction of sp³-hybridized carbons (Fsp3) is 1.00. The Labute approximate surface area is 55.0 Å². The highest BCUT2D eigenvalue weighted by molar-refractivity contribution is 4.53. The van der Waals surface area contributed by atoms with Crippen LogP contribution in [0.2, 0.25) is 0 Å². The molecule has 0 saturated heterocycles. The molecule has 0 saturated carbocycles. The fourth-order valence-corrected chi connectivity index (χ4v) is 0.341. The Bertz CT molecular complexity index is 60.9. The summed E-state index contributed by atoms with van der Waals surface area (Å²) in [6, 6.07) is 0. The Kier molecular flexibility index (Phi) is 5.86. The van der Waals surface area contributed by atoms with Crippen molar-refractivity contribution in [3.8, 4) is 0 Å². The monoisotopic (exact) mass is 134 g/mol. The summed E-state index contributed by atoms with van der Waals surface area (Å²) in [4.78, 5) is 4.74. The van der Waals surface area contributed by atoms with E-state index >= 15 is 0 Å². The summed E-state index contributed by atoms with van der Waals surface area (Å²) in [7, 11) is 0. The van der Waals surface area contributed by atoms with Gasteiger partial charge in [0.2, 0.25) is 0 Å². The molecule has 0 aliphatic heterocycles. The molecule has 4 nitrogen and oxygen atoms in total. The van der Waals surface area contributed by atoms with Crippen LogP contribution in [0.4, 0.5) is 0 Å². The van der Waals surface area contributed by atoms with Crippen molar-refractivity contribution in [2.75, 3.05) is 19.7 Å². The fourth-order valence-electron chi connectivity index (χ4n) is 0.341. The zero-order valence-electron chi connectivity index (χ0n) is 5.63. The average molecular weight is 134 g/mol. The maximum Gasteiger partial charge on any atom is 0.0809 e. The van der Waals surface area contributed by atoms with Crippen LogP contribution in [-0.2, 0) is 4.84 Å². The summed E-state index contributed by atoms with van der Waals surface area (Å²) in [6.45, 7) is 3.11. The Morgan fingerprint density at radius 1 is 1.78 bits per heavy atom. The summed E-state index contributed by atoms with van der Waals surface area (Å²) >= 11 is 0. The van der Waals surface area contributed by atoms with E-state index in [1.54, 1.807) is 0 Å². The number of hydrogen-bond acceptors (Lipinski definition) is 4. The number of rotatable bonds is 5. The minimum Gasteiger partial charge on any atom is -0.390 e. The van der Waals surface area contributed by atoms with Crippen LogP contribution in [0, 0.1) is 0 Å². The van der Waals surface area contributed by atoms with Crippen molar-refractivity contribution in [2.24, 2.45) is 5.73 Å². The molecule has 4 heteroatoms. The smallest absolute Gasteiger partial charge is 0.0809 e. The molecule has 0 fully saturated rings. The maximum atomic E-state index is 8.82. The molecule has 0 radical (unpaired) electrons. The van der Waals surface area contributed by atoms with Crippen LogP contribution in [0.25, 0.3) is 0 Å². The van der Waals surface area contributed by atoms with Crippen LogP contribution >= 0.6 is 0 Å². The Morgan fingerprint density at radius 2 is 2.44 bits per heavy atom. The Balaban J connectivity index is 2.88. The predicted octanol–water partition coefficient (Wildman–Crippen LogP) is -1.15. The molecule has 0 aromatic heterocycles. The lowest BCUT2D eigenvalue weighted by Crippen LogP contribution is -2.32. The van der Waals surface area contributed by atoms with Crippen LogP contribution in [0.1, 0.15) is 6.92 Å². The van der Waals surface area contributed by atoms with E-state index < -0.39 is 6.10 Å². The van der Waals surface area contributed by atoms with Gasteiger partial charge in [-0.05, 0) is 6.92 Å². The minimum atomic E-state index is -0.503. The predicted molar refractivity (Wildman–Crippen MR) is 34.7 cm³/mol. The second-order valence-corrected chi connectivity index (χ2v) is 1.67. The van der Waals surface area contributed by atoms with Crippen molar-refractivity contribution in [3.63, 3.8) is 0 Å². The molecule has 0 amide bonds. The molecule has 0 aromatic carbocycles. The van der Waals surface area contributed by atoms with Crippen molar-refractivity contribution in [1.29, 1.82) is 0 Å². The summed E-state index contributed by atoms with van der Waals surface area (Å²) < 4.78 is 0. The second-order valence-electron chi connectivity index (χ2n) is 1.67. The number of nitrogens with one attached hydrogen (secondary N) is 1. The Hall–Kier alpha value is -0.160. The molecule has 9 heavy (non-hydrogen) atoms. The SMILES string of the molecule is CCONCC(O)CN. The molecule has 0 aliphatic carbocycles. The quantitative estimate of drug-likeness (QED) is 0.328. The maximum absolute atomic E-state index is 8.82. The van der Waals surface area contributed by atoms with Gasteiger partial charge in [0, 0.05) is 13.1 Å². The van der Waals surface area contributed by atoms with Gasteiger partial charge in [-0.1, -0.05) is 0 Å². The van der Waals surface area contributed by atoms with Crippen LogP contribution in [0.5, 0.6) is 0 Å². The number of aliphatic hydroxyl groups excluding tert-OH is 1. The highest BCUT2D eigenvalue weighted by Crippen LogP contribution is 1.73. The third-order valence-electron chi connectivity index (χ3n) is 0.837. The van der Waals surface area contributed by atoms with Gasteiger partial charge in [0.1, 0.15) is 0 Å². The van der Waals surface area contributed by atoms with Gasteiger partial charge in [0.15, 0.2) is 0 Å². The number of hydrogen-bond donors (Lipinski definition) is 3. The van der Waals surface area contributed by atoms with Gasteiger partial charge in [-0.15, -0.1) is 0 Å². The summed E-state index contributed by atoms with van der Waals surface area (Å²) in [5, 5.41) is 8.82. The second kappa shape index (κ2) is 5.97. The van der Waals surface area contributed by atoms with Crippen LogP contribution in [-0.4, -0.2) is 30.9 Å². The van der Waals surface area contributed by atoms with Crippen molar-refractivity contribution in [1.82, 2.24) is 5.48 Å². The molecule has 0 spiro atoms. The van der Waals surface area contributed by atoms with Crippen molar-refractivity contribution >= 4 is 0 Å². The first-order chi connectivity index (χ1) is 4.31. The zero-order valence-corrected chi connectivity index (χ0v) is 5.63. The van der Waals surface area contributed by atoms with Crippen LogP contribution in [0.3, 0.4) is 0 Å². The summed E-state index contributed by atoms with van der Waals surface area (Å²) in [5.74, 6) is 0.